The summed E-state index contributed by atoms with van der Waals surface area (Å²) >= 11 is 1.46. The first-order valence-electron chi connectivity index (χ1n) is 8.66. The number of imidazole rings is 1. The predicted molar refractivity (Wildman–Crippen MR) is 100 cm³/mol. The fraction of sp³-hybridized carbons (Fsp3) is 0.588. The van der Waals surface area contributed by atoms with Crippen LogP contribution in [0.4, 0.5) is 5.13 Å². The number of carbonyl (C=O) groups is 1. The lowest BCUT2D eigenvalue weighted by molar-refractivity contribution is 0.0698. The number of nitrogens with zero attached hydrogens (tertiary/aromatic N) is 5. The maximum absolute atomic E-state index is 12.8. The van der Waals surface area contributed by atoms with Gasteiger partial charge in [0.15, 0.2) is 5.13 Å². The molecule has 0 spiro atoms. The van der Waals surface area contributed by atoms with Gasteiger partial charge in [-0.1, -0.05) is 0 Å². The number of piperidine rings is 1. The van der Waals surface area contributed by atoms with Gasteiger partial charge in [0.05, 0.1) is 0 Å². The molecule has 0 aromatic carbocycles. The highest BCUT2D eigenvalue weighted by Gasteiger charge is 2.29. The summed E-state index contributed by atoms with van der Waals surface area (Å²) in [7, 11) is 5.97. The van der Waals surface area contributed by atoms with E-state index in [0.717, 1.165) is 43.4 Å². The second-order valence-electron chi connectivity index (χ2n) is 6.66. The number of likely N-dealkylation sites (tertiary alicyclic amines) is 1. The van der Waals surface area contributed by atoms with Crippen LogP contribution in [-0.2, 0) is 6.54 Å². The first-order chi connectivity index (χ1) is 12.1. The Morgan fingerprint density at radius 1 is 1.48 bits per heavy atom. The lowest BCUT2D eigenvalue weighted by Gasteiger charge is -2.32. The molecule has 7 nitrogen and oxygen atoms in total. The highest BCUT2D eigenvalue weighted by Crippen LogP contribution is 2.27. The van der Waals surface area contributed by atoms with Crippen LogP contribution in [0.5, 0.6) is 0 Å². The summed E-state index contributed by atoms with van der Waals surface area (Å²) in [5, 5.41) is 5.59. The fourth-order valence-corrected chi connectivity index (χ4v) is 3.84. The van der Waals surface area contributed by atoms with Crippen LogP contribution < -0.4 is 5.32 Å². The third kappa shape index (κ3) is 4.19. The molecule has 1 atom stereocenters. The Kier molecular flexibility index (Phi) is 5.70. The number of thiazole rings is 1. The fourth-order valence-electron chi connectivity index (χ4n) is 3.20. The van der Waals surface area contributed by atoms with Gasteiger partial charge in [0.25, 0.3) is 5.91 Å². The molecule has 8 heteroatoms. The molecule has 1 fully saturated rings. The van der Waals surface area contributed by atoms with E-state index < -0.39 is 0 Å². The molecular weight excluding hydrogens is 336 g/mol. The standard InChI is InChI=1S/C17H26N6OS/c1-18-17-20-14(12-25-17)16(24)23-7-4-5-13(11-23)15-19-6-8-22(15)10-9-21(2)3/h6,8,12-13H,4-5,7,9-11H2,1-3H3,(H,18,20). The SMILES string of the molecule is CNc1nc(C(=O)N2CCCC(c3nccn3CCN(C)C)C2)cs1. The quantitative estimate of drug-likeness (QED) is 0.851. The van der Waals surface area contributed by atoms with Crippen molar-refractivity contribution in [2.24, 2.45) is 0 Å². The van der Waals surface area contributed by atoms with Crippen molar-refractivity contribution in [2.45, 2.75) is 25.3 Å². The first-order valence-corrected chi connectivity index (χ1v) is 9.54. The summed E-state index contributed by atoms with van der Waals surface area (Å²) in [6, 6.07) is 0. The molecule has 0 bridgehead atoms. The van der Waals surface area contributed by atoms with E-state index in [1.807, 2.05) is 29.7 Å². The van der Waals surface area contributed by atoms with Crippen molar-refractivity contribution in [1.82, 2.24) is 24.3 Å². The minimum Gasteiger partial charge on any atom is -0.365 e. The van der Waals surface area contributed by atoms with E-state index in [4.69, 9.17) is 0 Å². The number of carbonyl (C=O) groups excluding carboxylic acids is 1. The van der Waals surface area contributed by atoms with E-state index in [0.29, 0.717) is 12.2 Å². The van der Waals surface area contributed by atoms with Crippen molar-refractivity contribution in [2.75, 3.05) is 46.1 Å². The van der Waals surface area contributed by atoms with E-state index in [-0.39, 0.29) is 11.8 Å². The molecule has 3 heterocycles. The minimum atomic E-state index is 0.0221. The van der Waals surface area contributed by atoms with Crippen molar-refractivity contribution >= 4 is 22.4 Å². The molecule has 2 aromatic heterocycles. The monoisotopic (exact) mass is 362 g/mol. The molecular formula is C17H26N6OS. The van der Waals surface area contributed by atoms with Gasteiger partial charge in [0, 0.05) is 56.9 Å². The zero-order valence-electron chi connectivity index (χ0n) is 15.1. The second-order valence-corrected chi connectivity index (χ2v) is 7.52. The molecule has 2 aromatic rings. The number of hydrogen-bond donors (Lipinski definition) is 1. The van der Waals surface area contributed by atoms with Crippen molar-refractivity contribution in [3.05, 3.63) is 29.3 Å². The van der Waals surface area contributed by atoms with Gasteiger partial charge in [0.2, 0.25) is 0 Å². The van der Waals surface area contributed by atoms with Gasteiger partial charge in [-0.05, 0) is 26.9 Å². The number of aromatic nitrogens is 3. The smallest absolute Gasteiger partial charge is 0.273 e. The summed E-state index contributed by atoms with van der Waals surface area (Å²) in [6.07, 6.45) is 5.98. The minimum absolute atomic E-state index is 0.0221. The third-order valence-electron chi connectivity index (χ3n) is 4.55. The lowest BCUT2D eigenvalue weighted by atomic mass is 9.97. The summed E-state index contributed by atoms with van der Waals surface area (Å²) in [6.45, 7) is 3.40. The van der Waals surface area contributed by atoms with Crippen LogP contribution in [0.1, 0.15) is 35.1 Å². The van der Waals surface area contributed by atoms with Crippen LogP contribution in [0.15, 0.2) is 17.8 Å². The molecule has 0 saturated carbocycles. The average Bonchev–Trinajstić information content (AvgIpc) is 3.28. The Bertz CT molecular complexity index is 710. The molecule has 0 radical (unpaired) electrons. The van der Waals surface area contributed by atoms with Gasteiger partial charge in [-0.2, -0.15) is 0 Å². The van der Waals surface area contributed by atoms with Gasteiger partial charge < -0.3 is 19.7 Å². The normalized spacial score (nSPS) is 17.9. The molecule has 136 valence electrons. The van der Waals surface area contributed by atoms with Gasteiger partial charge in [-0.15, -0.1) is 11.3 Å². The summed E-state index contributed by atoms with van der Waals surface area (Å²) < 4.78 is 2.22. The van der Waals surface area contributed by atoms with E-state index in [1.54, 1.807) is 0 Å². The number of likely N-dealkylation sites (N-methyl/N-ethyl adjacent to an activating group) is 1. The van der Waals surface area contributed by atoms with Crippen molar-refractivity contribution in [3.8, 4) is 0 Å². The van der Waals surface area contributed by atoms with Gasteiger partial charge in [0.1, 0.15) is 11.5 Å². The van der Waals surface area contributed by atoms with Crippen LogP contribution in [0, 0.1) is 0 Å². The number of rotatable bonds is 6. The number of anilines is 1. The lowest BCUT2D eigenvalue weighted by Crippen LogP contribution is -2.40. The summed E-state index contributed by atoms with van der Waals surface area (Å²) in [5.41, 5.74) is 0.533. The molecule has 1 unspecified atom stereocenters. The molecule has 25 heavy (non-hydrogen) atoms. The number of hydrogen-bond acceptors (Lipinski definition) is 6. The number of amides is 1. The van der Waals surface area contributed by atoms with Crippen molar-refractivity contribution < 1.29 is 4.79 Å². The Balaban J connectivity index is 1.69. The Morgan fingerprint density at radius 3 is 3.04 bits per heavy atom. The third-order valence-corrected chi connectivity index (χ3v) is 5.41. The van der Waals surface area contributed by atoms with E-state index >= 15 is 0 Å². The van der Waals surface area contributed by atoms with Crippen molar-refractivity contribution in [3.63, 3.8) is 0 Å². The van der Waals surface area contributed by atoms with E-state index in [1.165, 1.54) is 11.3 Å². The van der Waals surface area contributed by atoms with Crippen LogP contribution in [0.2, 0.25) is 0 Å². The van der Waals surface area contributed by atoms with E-state index in [2.05, 4.69) is 38.8 Å². The molecule has 0 aliphatic carbocycles. The maximum atomic E-state index is 12.8. The molecule has 1 aliphatic rings. The van der Waals surface area contributed by atoms with Crippen molar-refractivity contribution in [1.29, 1.82) is 0 Å². The zero-order chi connectivity index (χ0) is 17.8. The molecule has 1 amide bonds. The van der Waals surface area contributed by atoms with Gasteiger partial charge in [-0.25, -0.2) is 9.97 Å². The first kappa shape index (κ1) is 17.9. The van der Waals surface area contributed by atoms with Crippen LogP contribution in [0.25, 0.3) is 0 Å². The number of nitrogens with one attached hydrogen (secondary N) is 1. The highest BCUT2D eigenvalue weighted by molar-refractivity contribution is 7.13. The molecule has 3 rings (SSSR count). The van der Waals surface area contributed by atoms with Crippen LogP contribution in [0.3, 0.4) is 0 Å². The Labute approximate surface area is 152 Å². The maximum Gasteiger partial charge on any atom is 0.273 e. The summed E-state index contributed by atoms with van der Waals surface area (Å²) in [4.78, 5) is 25.8. The van der Waals surface area contributed by atoms with Gasteiger partial charge in [-0.3, -0.25) is 4.79 Å². The second kappa shape index (κ2) is 7.97. The highest BCUT2D eigenvalue weighted by atomic mass is 32.1. The topological polar surface area (TPSA) is 66.3 Å². The largest absolute Gasteiger partial charge is 0.365 e. The predicted octanol–water partition coefficient (Wildman–Crippen LogP) is 1.96. The average molecular weight is 363 g/mol. The van der Waals surface area contributed by atoms with Crippen LogP contribution >= 0.6 is 11.3 Å². The Morgan fingerprint density at radius 2 is 2.32 bits per heavy atom. The van der Waals surface area contributed by atoms with Crippen LogP contribution in [-0.4, -0.2) is 71.0 Å². The van der Waals surface area contributed by atoms with E-state index in [9.17, 15) is 4.79 Å². The zero-order valence-corrected chi connectivity index (χ0v) is 15.9. The Hall–Kier alpha value is -1.93. The van der Waals surface area contributed by atoms with Gasteiger partial charge >= 0.3 is 0 Å². The summed E-state index contributed by atoms with van der Waals surface area (Å²) in [5.74, 6) is 1.40. The molecule has 1 aliphatic heterocycles. The molecule has 1 N–H and O–H groups in total. The molecule has 1 saturated heterocycles.